The monoisotopic (exact) mass is 514 g/mol. The average molecular weight is 515 g/mol. The molecule has 1 amide bonds. The molecular formula is C32H30N6O. The fourth-order valence-electron chi connectivity index (χ4n) is 5.06. The summed E-state index contributed by atoms with van der Waals surface area (Å²) >= 11 is 0. The first kappa shape index (κ1) is 24.4. The SMILES string of the molecule is CCCn1c(-c2ccc(-n3ccnc3)cc2)cnc1[C@H](Cc1ccccc1)NC(=O)c1cc2ccccc2[nH]1. The van der Waals surface area contributed by atoms with Gasteiger partial charge in [0.2, 0.25) is 0 Å². The third kappa shape index (κ3) is 5.11. The third-order valence-electron chi connectivity index (χ3n) is 6.97. The van der Waals surface area contributed by atoms with Gasteiger partial charge >= 0.3 is 0 Å². The minimum absolute atomic E-state index is 0.149. The Hall–Kier alpha value is -4.91. The minimum atomic E-state index is -0.308. The second kappa shape index (κ2) is 10.8. The first-order valence-corrected chi connectivity index (χ1v) is 13.3. The van der Waals surface area contributed by atoms with E-state index in [-0.39, 0.29) is 11.9 Å². The normalized spacial score (nSPS) is 12.0. The van der Waals surface area contributed by atoms with E-state index in [0.29, 0.717) is 12.1 Å². The molecule has 6 aromatic rings. The fraction of sp³-hybridized carbons (Fsp3) is 0.156. The van der Waals surface area contributed by atoms with E-state index in [0.717, 1.165) is 52.2 Å². The number of benzene rings is 3. The minimum Gasteiger partial charge on any atom is -0.351 e. The number of rotatable bonds is 9. The quantitative estimate of drug-likeness (QED) is 0.236. The molecule has 0 bridgehead atoms. The topological polar surface area (TPSA) is 80.5 Å². The number of fused-ring (bicyclic) bond motifs is 1. The van der Waals surface area contributed by atoms with Gasteiger partial charge in [-0.25, -0.2) is 9.97 Å². The predicted molar refractivity (Wildman–Crippen MR) is 154 cm³/mol. The Kier molecular flexibility index (Phi) is 6.78. The highest BCUT2D eigenvalue weighted by Crippen LogP contribution is 2.28. The summed E-state index contributed by atoms with van der Waals surface area (Å²) in [5.41, 5.74) is 5.77. The second-order valence-corrected chi connectivity index (χ2v) is 9.66. The number of aromatic amines is 1. The molecule has 0 spiro atoms. The van der Waals surface area contributed by atoms with Crippen LogP contribution in [0, 0.1) is 0 Å². The van der Waals surface area contributed by atoms with Gasteiger partial charge in [0.25, 0.3) is 5.91 Å². The van der Waals surface area contributed by atoms with Gasteiger partial charge in [0, 0.05) is 35.5 Å². The van der Waals surface area contributed by atoms with Crippen LogP contribution in [-0.2, 0) is 13.0 Å². The molecule has 0 aliphatic carbocycles. The van der Waals surface area contributed by atoms with E-state index < -0.39 is 0 Å². The van der Waals surface area contributed by atoms with Crippen LogP contribution in [0.4, 0.5) is 0 Å². The van der Waals surface area contributed by atoms with Crippen LogP contribution in [0.1, 0.15) is 41.3 Å². The largest absolute Gasteiger partial charge is 0.351 e. The molecule has 0 radical (unpaired) electrons. The van der Waals surface area contributed by atoms with Gasteiger partial charge in [-0.2, -0.15) is 0 Å². The standard InChI is InChI=1S/C32H30N6O/c1-2-17-38-30(24-12-14-26(15-13-24)37-18-16-33-22-37)21-34-31(38)28(19-23-8-4-3-5-9-23)36-32(39)29-20-25-10-6-7-11-27(25)35-29/h3-16,18,20-22,28,35H,2,17,19H2,1H3,(H,36,39)/t28-/m0/s1. The Morgan fingerprint density at radius 1 is 1.00 bits per heavy atom. The van der Waals surface area contributed by atoms with Gasteiger partial charge in [0.05, 0.1) is 24.3 Å². The summed E-state index contributed by atoms with van der Waals surface area (Å²) in [6.45, 7) is 2.95. The highest BCUT2D eigenvalue weighted by Gasteiger charge is 2.24. The smallest absolute Gasteiger partial charge is 0.268 e. The number of para-hydroxylation sites is 1. The summed E-state index contributed by atoms with van der Waals surface area (Å²) in [6.07, 6.45) is 8.98. The van der Waals surface area contributed by atoms with Crippen LogP contribution in [0.5, 0.6) is 0 Å². The number of nitrogens with zero attached hydrogens (tertiary/aromatic N) is 4. The molecule has 39 heavy (non-hydrogen) atoms. The van der Waals surface area contributed by atoms with Crippen LogP contribution >= 0.6 is 0 Å². The zero-order valence-electron chi connectivity index (χ0n) is 21.8. The molecule has 2 N–H and O–H groups in total. The first-order valence-electron chi connectivity index (χ1n) is 13.3. The van der Waals surface area contributed by atoms with Crippen molar-refractivity contribution in [3.05, 3.63) is 127 Å². The molecule has 0 saturated carbocycles. The van der Waals surface area contributed by atoms with Gasteiger partial charge in [-0.1, -0.05) is 67.6 Å². The molecule has 0 aliphatic heterocycles. The van der Waals surface area contributed by atoms with E-state index in [4.69, 9.17) is 4.98 Å². The number of nitrogens with one attached hydrogen (secondary N) is 2. The summed E-state index contributed by atoms with van der Waals surface area (Å²) < 4.78 is 4.22. The van der Waals surface area contributed by atoms with Gasteiger partial charge in [-0.3, -0.25) is 4.79 Å². The van der Waals surface area contributed by atoms with Crippen molar-refractivity contribution in [3.8, 4) is 16.9 Å². The maximum absolute atomic E-state index is 13.5. The summed E-state index contributed by atoms with van der Waals surface area (Å²) in [5, 5.41) is 4.30. The number of carbonyl (C=O) groups excluding carboxylic acids is 1. The molecule has 7 heteroatoms. The van der Waals surface area contributed by atoms with Crippen LogP contribution < -0.4 is 5.32 Å². The summed E-state index contributed by atoms with van der Waals surface area (Å²) in [6, 6.07) is 28.1. The van der Waals surface area contributed by atoms with E-state index in [1.807, 2.05) is 65.5 Å². The molecule has 0 fully saturated rings. The molecule has 1 atom stereocenters. The zero-order chi connectivity index (χ0) is 26.6. The summed E-state index contributed by atoms with van der Waals surface area (Å²) in [4.78, 5) is 25.8. The number of carbonyl (C=O) groups is 1. The van der Waals surface area contributed by atoms with E-state index in [1.165, 1.54) is 0 Å². The lowest BCUT2D eigenvalue weighted by Crippen LogP contribution is -2.32. The molecule has 3 aromatic heterocycles. The molecule has 194 valence electrons. The molecule has 7 nitrogen and oxygen atoms in total. The lowest BCUT2D eigenvalue weighted by Gasteiger charge is -2.21. The number of aromatic nitrogens is 5. The van der Waals surface area contributed by atoms with Crippen LogP contribution in [0.2, 0.25) is 0 Å². The van der Waals surface area contributed by atoms with E-state index >= 15 is 0 Å². The fourth-order valence-corrected chi connectivity index (χ4v) is 5.06. The van der Waals surface area contributed by atoms with Gasteiger partial charge in [0.1, 0.15) is 11.5 Å². The van der Waals surface area contributed by atoms with Crippen molar-refractivity contribution >= 4 is 16.8 Å². The van der Waals surface area contributed by atoms with Crippen LogP contribution in [0.15, 0.2) is 110 Å². The average Bonchev–Trinajstić information content (AvgIpc) is 3.74. The van der Waals surface area contributed by atoms with Crippen molar-refractivity contribution < 1.29 is 4.79 Å². The van der Waals surface area contributed by atoms with Crippen molar-refractivity contribution in [1.82, 2.24) is 29.4 Å². The predicted octanol–water partition coefficient (Wildman–Crippen LogP) is 6.34. The van der Waals surface area contributed by atoms with Crippen LogP contribution in [0.3, 0.4) is 0 Å². The number of imidazole rings is 2. The zero-order valence-corrected chi connectivity index (χ0v) is 21.8. The van der Waals surface area contributed by atoms with Crippen molar-refractivity contribution in [2.45, 2.75) is 32.4 Å². The second-order valence-electron chi connectivity index (χ2n) is 9.66. The van der Waals surface area contributed by atoms with Crippen LogP contribution in [0.25, 0.3) is 27.8 Å². The number of hydrogen-bond acceptors (Lipinski definition) is 3. The maximum atomic E-state index is 13.5. The molecule has 0 unspecified atom stereocenters. The maximum Gasteiger partial charge on any atom is 0.268 e. The summed E-state index contributed by atoms with van der Waals surface area (Å²) in [7, 11) is 0. The molecule has 0 aliphatic rings. The van der Waals surface area contributed by atoms with Crippen LogP contribution in [-0.4, -0.2) is 30.0 Å². The summed E-state index contributed by atoms with van der Waals surface area (Å²) in [5.74, 6) is 0.697. The Morgan fingerprint density at radius 3 is 2.54 bits per heavy atom. The molecular weight excluding hydrogens is 484 g/mol. The number of H-pyrrole nitrogens is 1. The molecule has 3 aromatic carbocycles. The Balaban J connectivity index is 1.35. The van der Waals surface area contributed by atoms with Gasteiger partial charge < -0.3 is 19.4 Å². The first-order chi connectivity index (χ1) is 19.2. The lowest BCUT2D eigenvalue weighted by atomic mass is 10.0. The molecule has 3 heterocycles. The Labute approximate surface area is 227 Å². The molecule has 0 saturated heterocycles. The van der Waals surface area contributed by atoms with Crippen molar-refractivity contribution in [2.24, 2.45) is 0 Å². The van der Waals surface area contributed by atoms with E-state index in [9.17, 15) is 4.79 Å². The lowest BCUT2D eigenvalue weighted by molar-refractivity contribution is 0.0929. The Bertz CT molecular complexity index is 1650. The van der Waals surface area contributed by atoms with Crippen molar-refractivity contribution in [1.29, 1.82) is 0 Å². The van der Waals surface area contributed by atoms with E-state index in [2.05, 4.69) is 63.2 Å². The van der Waals surface area contributed by atoms with Gasteiger partial charge in [-0.05, 0) is 48.2 Å². The number of hydrogen-bond donors (Lipinski definition) is 2. The third-order valence-corrected chi connectivity index (χ3v) is 6.97. The highest BCUT2D eigenvalue weighted by atomic mass is 16.2. The van der Waals surface area contributed by atoms with Crippen molar-refractivity contribution in [2.75, 3.05) is 0 Å². The molecule has 6 rings (SSSR count). The Morgan fingerprint density at radius 2 is 1.79 bits per heavy atom. The van der Waals surface area contributed by atoms with Gasteiger partial charge in [-0.15, -0.1) is 0 Å². The van der Waals surface area contributed by atoms with Gasteiger partial charge in [0.15, 0.2) is 0 Å². The van der Waals surface area contributed by atoms with Crippen molar-refractivity contribution in [3.63, 3.8) is 0 Å². The highest BCUT2D eigenvalue weighted by molar-refractivity contribution is 5.98. The van der Waals surface area contributed by atoms with E-state index in [1.54, 1.807) is 12.5 Å². The number of amides is 1.